The molecule has 0 aliphatic rings. The van der Waals surface area contributed by atoms with E-state index in [1.165, 1.54) is 12.1 Å². The summed E-state index contributed by atoms with van der Waals surface area (Å²) in [7, 11) is 0. The van der Waals surface area contributed by atoms with Crippen molar-refractivity contribution >= 4 is 23.3 Å². The number of carboxylic acid groups (broad SMARTS) is 1. The lowest BCUT2D eigenvalue weighted by Crippen LogP contribution is -2.17. The van der Waals surface area contributed by atoms with Crippen molar-refractivity contribution in [3.8, 4) is 0 Å². The summed E-state index contributed by atoms with van der Waals surface area (Å²) in [6.45, 7) is 0.713. The van der Waals surface area contributed by atoms with Crippen LogP contribution in [0.25, 0.3) is 0 Å². The molecule has 1 aromatic rings. The Kier molecular flexibility index (Phi) is 5.54. The van der Waals surface area contributed by atoms with E-state index in [4.69, 9.17) is 16.7 Å². The van der Waals surface area contributed by atoms with Gasteiger partial charge in [-0.25, -0.2) is 0 Å². The number of rotatable bonds is 7. The number of carboxylic acids is 1. The lowest BCUT2D eigenvalue weighted by molar-refractivity contribution is -0.385. The first kappa shape index (κ1) is 14.4. The van der Waals surface area contributed by atoms with Crippen LogP contribution in [0.3, 0.4) is 0 Å². The highest BCUT2D eigenvalue weighted by Gasteiger charge is 2.15. The number of carbonyl (C=O) groups is 1. The van der Waals surface area contributed by atoms with E-state index < -0.39 is 10.9 Å². The second-order valence-corrected chi connectivity index (χ2v) is 4.08. The van der Waals surface area contributed by atoms with Crippen LogP contribution in [0.4, 0.5) is 5.69 Å². The fourth-order valence-electron chi connectivity index (χ4n) is 1.47. The minimum Gasteiger partial charge on any atom is -0.481 e. The minimum absolute atomic E-state index is 0.0340. The lowest BCUT2D eigenvalue weighted by Gasteiger charge is -2.06. The minimum atomic E-state index is -0.861. The molecule has 1 rings (SSSR count). The van der Waals surface area contributed by atoms with Crippen molar-refractivity contribution < 1.29 is 14.8 Å². The number of nitrogens with zero attached hydrogens (tertiary/aromatic N) is 1. The summed E-state index contributed by atoms with van der Waals surface area (Å²) in [6.07, 6.45) is 0.533. The van der Waals surface area contributed by atoms with Crippen LogP contribution >= 0.6 is 11.6 Å². The first-order valence-electron chi connectivity index (χ1n) is 5.36. The van der Waals surface area contributed by atoms with Crippen molar-refractivity contribution in [2.24, 2.45) is 0 Å². The highest BCUT2D eigenvalue weighted by molar-refractivity contribution is 6.31. The van der Waals surface area contributed by atoms with Crippen LogP contribution in [0.15, 0.2) is 18.2 Å². The topological polar surface area (TPSA) is 92.5 Å². The highest BCUT2D eigenvalue weighted by atomic mass is 35.5. The average Bonchev–Trinajstić information content (AvgIpc) is 2.29. The van der Waals surface area contributed by atoms with E-state index in [1.807, 2.05) is 0 Å². The van der Waals surface area contributed by atoms with Gasteiger partial charge in [-0.05, 0) is 19.0 Å². The van der Waals surface area contributed by atoms with Crippen molar-refractivity contribution in [1.82, 2.24) is 5.32 Å². The molecule has 0 amide bonds. The summed E-state index contributed by atoms with van der Waals surface area (Å²) in [6, 6.07) is 4.50. The first-order valence-corrected chi connectivity index (χ1v) is 5.74. The van der Waals surface area contributed by atoms with Crippen LogP contribution in [0, 0.1) is 10.1 Å². The summed E-state index contributed by atoms with van der Waals surface area (Å²) < 4.78 is 0. The van der Waals surface area contributed by atoms with E-state index in [9.17, 15) is 14.9 Å². The zero-order valence-corrected chi connectivity index (χ0v) is 10.3. The van der Waals surface area contributed by atoms with Gasteiger partial charge in [-0.2, -0.15) is 0 Å². The first-order chi connectivity index (χ1) is 8.52. The third-order valence-electron chi connectivity index (χ3n) is 2.34. The van der Waals surface area contributed by atoms with Crippen LogP contribution in [-0.2, 0) is 11.3 Å². The molecule has 1 aromatic carbocycles. The molecule has 98 valence electrons. The Morgan fingerprint density at radius 1 is 1.50 bits per heavy atom. The second-order valence-electron chi connectivity index (χ2n) is 3.67. The van der Waals surface area contributed by atoms with Crippen molar-refractivity contribution in [1.29, 1.82) is 0 Å². The average molecular weight is 273 g/mol. The smallest absolute Gasteiger partial charge is 0.303 e. The monoisotopic (exact) mass is 272 g/mol. The Balaban J connectivity index is 2.56. The van der Waals surface area contributed by atoms with Crippen molar-refractivity contribution in [2.45, 2.75) is 19.4 Å². The Morgan fingerprint density at radius 3 is 2.83 bits per heavy atom. The second kappa shape index (κ2) is 6.93. The van der Waals surface area contributed by atoms with Gasteiger partial charge in [0.25, 0.3) is 5.69 Å². The molecule has 0 bridgehead atoms. The van der Waals surface area contributed by atoms with Gasteiger partial charge in [-0.3, -0.25) is 14.9 Å². The molecule has 0 aromatic heterocycles. The van der Waals surface area contributed by atoms with Crippen LogP contribution in [0.1, 0.15) is 18.4 Å². The van der Waals surface area contributed by atoms with Gasteiger partial charge < -0.3 is 10.4 Å². The Labute approximate surface area is 109 Å². The van der Waals surface area contributed by atoms with Gasteiger partial charge >= 0.3 is 5.97 Å². The van der Waals surface area contributed by atoms with E-state index in [-0.39, 0.29) is 18.7 Å². The van der Waals surface area contributed by atoms with Gasteiger partial charge in [0.1, 0.15) is 0 Å². The predicted octanol–water partition coefficient (Wildman–Crippen LogP) is 2.20. The summed E-state index contributed by atoms with van der Waals surface area (Å²) >= 11 is 5.90. The number of benzene rings is 1. The third kappa shape index (κ3) is 4.31. The van der Waals surface area contributed by atoms with Gasteiger partial charge in [0.2, 0.25) is 0 Å². The molecule has 7 heteroatoms. The van der Waals surface area contributed by atoms with Gasteiger partial charge in [0.15, 0.2) is 0 Å². The zero-order valence-electron chi connectivity index (χ0n) is 9.56. The Bertz CT molecular complexity index is 451. The van der Waals surface area contributed by atoms with E-state index in [1.54, 1.807) is 6.07 Å². The van der Waals surface area contributed by atoms with Crippen molar-refractivity contribution in [3.05, 3.63) is 38.9 Å². The number of nitrogens with one attached hydrogen (secondary N) is 1. The lowest BCUT2D eigenvalue weighted by atomic mass is 10.1. The number of aliphatic carboxylic acids is 1. The maximum atomic E-state index is 10.8. The molecule has 0 atom stereocenters. The van der Waals surface area contributed by atoms with Gasteiger partial charge in [-0.1, -0.05) is 17.7 Å². The van der Waals surface area contributed by atoms with Gasteiger partial charge in [0.05, 0.1) is 15.5 Å². The van der Waals surface area contributed by atoms with Crippen LogP contribution in [0.2, 0.25) is 5.02 Å². The zero-order chi connectivity index (χ0) is 13.5. The molecule has 0 heterocycles. The highest BCUT2D eigenvalue weighted by Crippen LogP contribution is 2.25. The largest absolute Gasteiger partial charge is 0.481 e. The summed E-state index contributed by atoms with van der Waals surface area (Å²) in [5.74, 6) is -0.861. The quantitative estimate of drug-likeness (QED) is 0.451. The number of nitro groups is 1. The molecule has 0 radical (unpaired) electrons. The van der Waals surface area contributed by atoms with Crippen LogP contribution < -0.4 is 5.32 Å². The maximum Gasteiger partial charge on any atom is 0.303 e. The molecular formula is C11H13ClN2O4. The summed E-state index contributed by atoms with van der Waals surface area (Å²) in [5, 5.41) is 22.5. The van der Waals surface area contributed by atoms with Crippen molar-refractivity contribution in [3.63, 3.8) is 0 Å². The number of nitro benzene ring substituents is 1. The molecule has 0 aliphatic heterocycles. The molecule has 0 aliphatic carbocycles. The molecule has 0 saturated carbocycles. The predicted molar refractivity (Wildman–Crippen MR) is 66.7 cm³/mol. The SMILES string of the molecule is O=C(O)CCCNCc1c(Cl)cccc1[N+](=O)[O-]. The van der Waals surface area contributed by atoms with Gasteiger partial charge in [0, 0.05) is 19.0 Å². The fourth-order valence-corrected chi connectivity index (χ4v) is 1.71. The fraction of sp³-hybridized carbons (Fsp3) is 0.364. The van der Waals surface area contributed by atoms with Gasteiger partial charge in [-0.15, -0.1) is 0 Å². The molecular weight excluding hydrogens is 260 g/mol. The number of halogens is 1. The standard InChI is InChI=1S/C11H13ClN2O4/c12-9-3-1-4-10(14(17)18)8(9)7-13-6-2-5-11(15)16/h1,3-4,13H,2,5-7H2,(H,15,16). The van der Waals surface area contributed by atoms with E-state index >= 15 is 0 Å². The van der Waals surface area contributed by atoms with E-state index in [0.29, 0.717) is 23.6 Å². The van der Waals surface area contributed by atoms with E-state index in [0.717, 1.165) is 0 Å². The molecule has 0 spiro atoms. The Morgan fingerprint density at radius 2 is 2.22 bits per heavy atom. The van der Waals surface area contributed by atoms with Crippen molar-refractivity contribution in [2.75, 3.05) is 6.54 Å². The summed E-state index contributed by atoms with van der Waals surface area (Å²) in [5.41, 5.74) is 0.382. The van der Waals surface area contributed by atoms with E-state index in [2.05, 4.69) is 5.32 Å². The number of hydrogen-bond donors (Lipinski definition) is 2. The third-order valence-corrected chi connectivity index (χ3v) is 2.69. The molecule has 2 N–H and O–H groups in total. The Hall–Kier alpha value is -1.66. The molecule has 0 fully saturated rings. The van der Waals surface area contributed by atoms with Crippen LogP contribution in [0.5, 0.6) is 0 Å². The molecule has 0 unspecified atom stereocenters. The van der Waals surface area contributed by atoms with Crippen LogP contribution in [-0.4, -0.2) is 22.5 Å². The number of hydrogen-bond acceptors (Lipinski definition) is 4. The molecule has 0 saturated heterocycles. The normalized spacial score (nSPS) is 10.3. The molecule has 18 heavy (non-hydrogen) atoms. The molecule has 6 nitrogen and oxygen atoms in total. The maximum absolute atomic E-state index is 10.8. The summed E-state index contributed by atoms with van der Waals surface area (Å²) in [4.78, 5) is 20.6.